The zero-order valence-corrected chi connectivity index (χ0v) is 23.0. The third-order valence-corrected chi connectivity index (χ3v) is 8.42. The van der Waals surface area contributed by atoms with Gasteiger partial charge in [-0.3, -0.25) is 4.79 Å². The summed E-state index contributed by atoms with van der Waals surface area (Å²) >= 11 is 7.78. The summed E-state index contributed by atoms with van der Waals surface area (Å²) in [5.41, 5.74) is 4.46. The molecule has 1 fully saturated rings. The van der Waals surface area contributed by atoms with Crippen LogP contribution in [0.1, 0.15) is 15.9 Å². The molecule has 0 spiro atoms. The number of benzene rings is 4. The Balaban J connectivity index is 1.17. The molecule has 196 valence electrons. The predicted molar refractivity (Wildman–Crippen MR) is 158 cm³/mol. The maximum Gasteiger partial charge on any atom is 0.339 e. The SMILES string of the molecule is Cc1ccc(Cl)cc1N1CCN(C(=O)COC(=O)c2cccc3cccc(-c4nc5ccccc5s4)c23)CC1. The monoisotopic (exact) mass is 555 g/mol. The molecule has 4 aromatic carbocycles. The molecule has 39 heavy (non-hydrogen) atoms. The number of carbonyl (C=O) groups excluding carboxylic acids is 2. The van der Waals surface area contributed by atoms with Gasteiger partial charge in [0.1, 0.15) is 5.01 Å². The van der Waals surface area contributed by atoms with E-state index in [4.69, 9.17) is 21.3 Å². The molecule has 0 bridgehead atoms. The lowest BCUT2D eigenvalue weighted by atomic mass is 9.99. The number of hydrogen-bond acceptors (Lipinski definition) is 6. The Morgan fingerprint density at radius 3 is 2.51 bits per heavy atom. The van der Waals surface area contributed by atoms with E-state index in [-0.39, 0.29) is 12.5 Å². The Bertz CT molecular complexity index is 1670. The number of fused-ring (bicyclic) bond motifs is 2. The first-order valence-corrected chi connectivity index (χ1v) is 14.0. The maximum atomic E-state index is 13.3. The summed E-state index contributed by atoms with van der Waals surface area (Å²) in [6, 6.07) is 25.3. The quantitative estimate of drug-likeness (QED) is 0.229. The first-order chi connectivity index (χ1) is 19.0. The van der Waals surface area contributed by atoms with E-state index in [9.17, 15) is 9.59 Å². The van der Waals surface area contributed by atoms with Crippen LogP contribution in [-0.4, -0.2) is 54.5 Å². The Labute approximate surface area is 235 Å². The number of ether oxygens (including phenoxy) is 1. The van der Waals surface area contributed by atoms with Gasteiger partial charge in [-0.1, -0.05) is 60.1 Å². The van der Waals surface area contributed by atoms with E-state index >= 15 is 0 Å². The fourth-order valence-electron chi connectivity index (χ4n) is 5.09. The highest BCUT2D eigenvalue weighted by molar-refractivity contribution is 7.21. The van der Waals surface area contributed by atoms with Crippen LogP contribution >= 0.6 is 22.9 Å². The summed E-state index contributed by atoms with van der Waals surface area (Å²) in [5, 5.41) is 3.23. The molecule has 0 aliphatic carbocycles. The number of halogens is 1. The zero-order valence-electron chi connectivity index (χ0n) is 21.4. The highest BCUT2D eigenvalue weighted by Crippen LogP contribution is 2.36. The summed E-state index contributed by atoms with van der Waals surface area (Å²) in [4.78, 5) is 35.0. The molecule has 1 aliphatic heterocycles. The number of anilines is 1. The highest BCUT2D eigenvalue weighted by Gasteiger charge is 2.24. The molecule has 1 aromatic heterocycles. The van der Waals surface area contributed by atoms with E-state index in [1.54, 1.807) is 22.3 Å². The van der Waals surface area contributed by atoms with Crippen molar-refractivity contribution in [2.75, 3.05) is 37.7 Å². The largest absolute Gasteiger partial charge is 0.452 e. The second-order valence-corrected chi connectivity index (χ2v) is 11.0. The van der Waals surface area contributed by atoms with Gasteiger partial charge in [-0.05, 0) is 48.2 Å². The van der Waals surface area contributed by atoms with Gasteiger partial charge in [-0.2, -0.15) is 0 Å². The molecule has 1 saturated heterocycles. The van der Waals surface area contributed by atoms with Gasteiger partial charge >= 0.3 is 5.97 Å². The average Bonchev–Trinajstić information content (AvgIpc) is 3.41. The number of aryl methyl sites for hydroxylation is 1. The van der Waals surface area contributed by atoms with Crippen LogP contribution in [0.25, 0.3) is 31.6 Å². The molecule has 0 saturated carbocycles. The number of carbonyl (C=O) groups is 2. The topological polar surface area (TPSA) is 62.7 Å². The van der Waals surface area contributed by atoms with Crippen LogP contribution in [0.15, 0.2) is 78.9 Å². The van der Waals surface area contributed by atoms with Gasteiger partial charge in [0.05, 0.1) is 15.8 Å². The lowest BCUT2D eigenvalue weighted by Crippen LogP contribution is -2.50. The smallest absolute Gasteiger partial charge is 0.339 e. The molecule has 2 heterocycles. The molecular formula is C31H26ClN3O3S. The van der Waals surface area contributed by atoms with Gasteiger partial charge < -0.3 is 14.5 Å². The second kappa shape index (κ2) is 10.7. The number of esters is 1. The lowest BCUT2D eigenvalue weighted by Gasteiger charge is -2.36. The molecule has 0 unspecified atom stereocenters. The van der Waals surface area contributed by atoms with E-state index in [0.717, 1.165) is 42.8 Å². The van der Waals surface area contributed by atoms with Crippen molar-refractivity contribution in [3.05, 3.63) is 95.0 Å². The molecule has 0 radical (unpaired) electrons. The van der Waals surface area contributed by atoms with Crippen molar-refractivity contribution in [1.29, 1.82) is 0 Å². The summed E-state index contributed by atoms with van der Waals surface area (Å²) in [6.07, 6.45) is 0. The number of piperazine rings is 1. The van der Waals surface area contributed by atoms with Gasteiger partial charge in [-0.25, -0.2) is 9.78 Å². The van der Waals surface area contributed by atoms with Crippen molar-refractivity contribution >= 4 is 61.5 Å². The van der Waals surface area contributed by atoms with Gasteiger partial charge in [0.2, 0.25) is 0 Å². The molecule has 8 heteroatoms. The van der Waals surface area contributed by atoms with E-state index in [1.807, 2.05) is 72.8 Å². The zero-order chi connectivity index (χ0) is 26.9. The van der Waals surface area contributed by atoms with Gasteiger partial charge in [0, 0.05) is 47.8 Å². The Hall–Kier alpha value is -3.94. The number of thiazole rings is 1. The molecule has 5 aromatic rings. The molecule has 6 rings (SSSR count). The summed E-state index contributed by atoms with van der Waals surface area (Å²) in [7, 11) is 0. The number of nitrogens with zero attached hydrogens (tertiary/aromatic N) is 3. The molecule has 1 aliphatic rings. The Kier molecular flexibility index (Phi) is 6.94. The van der Waals surface area contributed by atoms with Crippen LogP contribution < -0.4 is 4.90 Å². The van der Waals surface area contributed by atoms with E-state index in [0.29, 0.717) is 36.8 Å². The molecule has 0 atom stereocenters. The number of rotatable bonds is 5. The van der Waals surface area contributed by atoms with Crippen molar-refractivity contribution in [1.82, 2.24) is 9.88 Å². The number of amides is 1. The van der Waals surface area contributed by atoms with Gasteiger partial charge in [-0.15, -0.1) is 11.3 Å². The molecular weight excluding hydrogens is 530 g/mol. The predicted octanol–water partition coefficient (Wildman–Crippen LogP) is 6.58. The van der Waals surface area contributed by atoms with E-state index in [2.05, 4.69) is 11.8 Å². The highest BCUT2D eigenvalue weighted by atomic mass is 35.5. The van der Waals surface area contributed by atoms with E-state index in [1.165, 1.54) is 0 Å². The number of aromatic nitrogens is 1. The minimum atomic E-state index is -0.518. The first kappa shape index (κ1) is 25.3. The van der Waals surface area contributed by atoms with Gasteiger partial charge in [0.15, 0.2) is 6.61 Å². The van der Waals surface area contributed by atoms with Crippen molar-refractivity contribution in [3.63, 3.8) is 0 Å². The normalized spacial score (nSPS) is 13.7. The minimum Gasteiger partial charge on any atom is -0.452 e. The van der Waals surface area contributed by atoms with Crippen molar-refractivity contribution in [3.8, 4) is 10.6 Å². The third kappa shape index (κ3) is 5.07. The molecule has 6 nitrogen and oxygen atoms in total. The minimum absolute atomic E-state index is 0.197. The summed E-state index contributed by atoms with van der Waals surface area (Å²) < 4.78 is 6.65. The second-order valence-electron chi connectivity index (χ2n) is 9.57. The fourth-order valence-corrected chi connectivity index (χ4v) is 6.26. The van der Waals surface area contributed by atoms with Crippen molar-refractivity contribution in [2.45, 2.75) is 6.92 Å². The lowest BCUT2D eigenvalue weighted by molar-refractivity contribution is -0.134. The van der Waals surface area contributed by atoms with Crippen LogP contribution in [0, 0.1) is 6.92 Å². The van der Waals surface area contributed by atoms with Crippen LogP contribution in [0.4, 0.5) is 5.69 Å². The number of hydrogen-bond donors (Lipinski definition) is 0. The number of para-hydroxylation sites is 1. The Morgan fingerprint density at radius 1 is 0.949 bits per heavy atom. The first-order valence-electron chi connectivity index (χ1n) is 12.8. The van der Waals surface area contributed by atoms with E-state index < -0.39 is 5.97 Å². The maximum absolute atomic E-state index is 13.3. The van der Waals surface area contributed by atoms with Crippen LogP contribution in [0.2, 0.25) is 5.02 Å². The fraction of sp³-hybridized carbons (Fsp3) is 0.194. The van der Waals surface area contributed by atoms with Crippen LogP contribution in [-0.2, 0) is 9.53 Å². The van der Waals surface area contributed by atoms with Gasteiger partial charge in [0.25, 0.3) is 5.91 Å². The third-order valence-electron chi connectivity index (χ3n) is 7.12. The van der Waals surface area contributed by atoms with Crippen molar-refractivity contribution < 1.29 is 14.3 Å². The summed E-state index contributed by atoms with van der Waals surface area (Å²) in [6.45, 7) is 4.25. The van der Waals surface area contributed by atoms with Crippen LogP contribution in [0.5, 0.6) is 0 Å². The summed E-state index contributed by atoms with van der Waals surface area (Å²) in [5.74, 6) is -0.715. The average molecular weight is 556 g/mol. The van der Waals surface area contributed by atoms with Crippen LogP contribution in [0.3, 0.4) is 0 Å². The Morgan fingerprint density at radius 2 is 1.72 bits per heavy atom. The standard InChI is InChI=1S/C31H26ClN3O3S/c1-20-12-13-22(32)18-26(20)34-14-16-35(17-15-34)28(36)19-38-31(37)24-9-5-7-21-6-4-8-23(29(21)24)30-33-25-10-2-3-11-27(25)39-30/h2-13,18H,14-17,19H2,1H3. The molecule has 0 N–H and O–H groups in total. The molecule has 1 amide bonds. The van der Waals surface area contributed by atoms with Crippen molar-refractivity contribution in [2.24, 2.45) is 0 Å².